The van der Waals surface area contributed by atoms with E-state index in [9.17, 15) is 13.2 Å². The summed E-state index contributed by atoms with van der Waals surface area (Å²) in [6.45, 7) is 6.38. The summed E-state index contributed by atoms with van der Waals surface area (Å²) in [5.74, 6) is 0.676. The predicted molar refractivity (Wildman–Crippen MR) is 109 cm³/mol. The number of carbonyl (C=O) groups excluding carboxylic acids is 1. The van der Waals surface area contributed by atoms with Crippen LogP contribution in [0, 0.1) is 0 Å². The van der Waals surface area contributed by atoms with Gasteiger partial charge in [0, 0.05) is 32.7 Å². The summed E-state index contributed by atoms with van der Waals surface area (Å²) < 4.78 is 32.7. The lowest BCUT2D eigenvalue weighted by molar-refractivity contribution is -0.116. The first kappa shape index (κ1) is 20.1. The highest BCUT2D eigenvalue weighted by molar-refractivity contribution is 7.89. The quantitative estimate of drug-likeness (QED) is 0.670. The van der Waals surface area contributed by atoms with E-state index in [1.54, 1.807) is 36.2 Å². The molecule has 0 fully saturated rings. The van der Waals surface area contributed by atoms with Crippen molar-refractivity contribution in [1.82, 2.24) is 4.31 Å². The number of anilines is 1. The summed E-state index contributed by atoms with van der Waals surface area (Å²) in [7, 11) is -2.07. The number of fused-ring (bicyclic) bond motifs is 1. The number of rotatable bonds is 7. The minimum atomic E-state index is -3.64. The predicted octanol–water partition coefficient (Wildman–Crippen LogP) is 2.98. The van der Waals surface area contributed by atoms with Gasteiger partial charge in [-0.15, -0.1) is 0 Å². The molecule has 2 aromatic rings. The molecule has 1 heterocycles. The number of hydrogen-bond acceptors (Lipinski definition) is 4. The molecule has 0 atom stereocenters. The third-order valence-corrected chi connectivity index (χ3v) is 6.53. The zero-order valence-electron chi connectivity index (χ0n) is 16.1. The molecule has 148 valence electrons. The van der Waals surface area contributed by atoms with E-state index in [1.807, 2.05) is 24.3 Å². The zero-order chi connectivity index (χ0) is 20.3. The van der Waals surface area contributed by atoms with Crippen LogP contribution in [-0.4, -0.2) is 38.8 Å². The number of nitrogens with zero attached hydrogens (tertiary/aromatic N) is 2. The van der Waals surface area contributed by atoms with E-state index < -0.39 is 10.0 Å². The van der Waals surface area contributed by atoms with Crippen molar-refractivity contribution in [2.45, 2.75) is 24.8 Å². The Hall–Kier alpha value is -2.64. The highest BCUT2D eigenvalue weighted by atomic mass is 32.2. The van der Waals surface area contributed by atoms with Crippen LogP contribution in [0.3, 0.4) is 0 Å². The minimum absolute atomic E-state index is 0.0352. The van der Waals surface area contributed by atoms with E-state index in [1.165, 1.54) is 11.2 Å². The van der Waals surface area contributed by atoms with Gasteiger partial charge in [-0.1, -0.05) is 24.8 Å². The molecule has 1 aliphatic rings. The SMILES string of the molecule is C=CCOc1ccc(CN(C)S(=O)(=O)c2ccc3c(c2)CCN3C(C)=O)cc1. The maximum absolute atomic E-state index is 13.0. The molecule has 1 amide bonds. The van der Waals surface area contributed by atoms with Crippen LogP contribution in [-0.2, 0) is 27.8 Å². The van der Waals surface area contributed by atoms with Crippen LogP contribution >= 0.6 is 0 Å². The molecule has 6 nitrogen and oxygen atoms in total. The number of carbonyl (C=O) groups is 1. The van der Waals surface area contributed by atoms with Crippen LogP contribution < -0.4 is 9.64 Å². The maximum atomic E-state index is 13.0. The Kier molecular flexibility index (Phi) is 5.86. The Morgan fingerprint density at radius 1 is 1.25 bits per heavy atom. The lowest BCUT2D eigenvalue weighted by Crippen LogP contribution is -2.27. The first-order chi connectivity index (χ1) is 13.3. The molecule has 2 aromatic carbocycles. The summed E-state index contributed by atoms with van der Waals surface area (Å²) in [5, 5.41) is 0. The summed E-state index contributed by atoms with van der Waals surface area (Å²) in [5.41, 5.74) is 2.54. The summed E-state index contributed by atoms with van der Waals surface area (Å²) in [4.78, 5) is 13.6. The number of sulfonamides is 1. The average molecular weight is 401 g/mol. The van der Waals surface area contributed by atoms with Crippen molar-refractivity contribution >= 4 is 21.6 Å². The fraction of sp³-hybridized carbons (Fsp3) is 0.286. The second-order valence-electron chi connectivity index (χ2n) is 6.72. The lowest BCUT2D eigenvalue weighted by atomic mass is 10.2. The molecule has 0 unspecified atom stereocenters. The summed E-state index contributed by atoms with van der Waals surface area (Å²) in [6.07, 6.45) is 2.33. The van der Waals surface area contributed by atoms with Crippen LogP contribution in [0.1, 0.15) is 18.1 Å². The van der Waals surface area contributed by atoms with E-state index in [0.29, 0.717) is 25.3 Å². The van der Waals surface area contributed by atoms with Crippen LogP contribution in [0.25, 0.3) is 0 Å². The van der Waals surface area contributed by atoms with Gasteiger partial charge in [-0.2, -0.15) is 4.31 Å². The van der Waals surface area contributed by atoms with E-state index in [4.69, 9.17) is 4.74 Å². The second-order valence-corrected chi connectivity index (χ2v) is 8.76. The summed E-state index contributed by atoms with van der Waals surface area (Å²) >= 11 is 0. The molecule has 0 N–H and O–H groups in total. The molecule has 0 aliphatic carbocycles. The minimum Gasteiger partial charge on any atom is -0.490 e. The first-order valence-corrected chi connectivity index (χ1v) is 10.5. The molecular weight excluding hydrogens is 376 g/mol. The molecule has 0 bridgehead atoms. The molecule has 0 saturated carbocycles. The molecule has 0 spiro atoms. The third kappa shape index (κ3) is 4.10. The molecule has 3 rings (SSSR count). The van der Waals surface area contributed by atoms with Crippen molar-refractivity contribution in [2.75, 3.05) is 25.1 Å². The van der Waals surface area contributed by atoms with Crippen LogP contribution in [0.2, 0.25) is 0 Å². The van der Waals surface area contributed by atoms with Crippen LogP contribution in [0.15, 0.2) is 60.0 Å². The van der Waals surface area contributed by atoms with Crippen molar-refractivity contribution in [1.29, 1.82) is 0 Å². The fourth-order valence-electron chi connectivity index (χ4n) is 3.23. The van der Waals surface area contributed by atoms with E-state index in [2.05, 4.69) is 6.58 Å². The zero-order valence-corrected chi connectivity index (χ0v) is 16.9. The van der Waals surface area contributed by atoms with Crippen molar-refractivity contribution in [3.05, 3.63) is 66.2 Å². The topological polar surface area (TPSA) is 66.9 Å². The molecule has 0 saturated heterocycles. The number of ether oxygens (including phenoxy) is 1. The van der Waals surface area contributed by atoms with Gasteiger partial charge in [0.15, 0.2) is 0 Å². The van der Waals surface area contributed by atoms with Gasteiger partial charge in [0.2, 0.25) is 15.9 Å². The highest BCUT2D eigenvalue weighted by Crippen LogP contribution is 2.31. The number of benzene rings is 2. The molecule has 7 heteroatoms. The van der Waals surface area contributed by atoms with Crippen molar-refractivity contribution in [3.63, 3.8) is 0 Å². The first-order valence-electron chi connectivity index (χ1n) is 9.03. The largest absolute Gasteiger partial charge is 0.490 e. The van der Waals surface area contributed by atoms with Gasteiger partial charge in [-0.25, -0.2) is 8.42 Å². The Morgan fingerprint density at radius 2 is 1.96 bits per heavy atom. The Balaban J connectivity index is 1.75. The van der Waals surface area contributed by atoms with Gasteiger partial charge in [-0.3, -0.25) is 4.79 Å². The van der Waals surface area contributed by atoms with Gasteiger partial charge in [0.1, 0.15) is 12.4 Å². The molecule has 0 radical (unpaired) electrons. The summed E-state index contributed by atoms with van der Waals surface area (Å²) in [6, 6.07) is 12.3. The monoisotopic (exact) mass is 400 g/mol. The normalized spacial score (nSPS) is 13.5. The van der Waals surface area contributed by atoms with Crippen molar-refractivity contribution in [2.24, 2.45) is 0 Å². The third-order valence-electron chi connectivity index (χ3n) is 4.73. The second kappa shape index (κ2) is 8.16. The van der Waals surface area contributed by atoms with Crippen LogP contribution in [0.4, 0.5) is 5.69 Å². The van der Waals surface area contributed by atoms with Gasteiger partial charge < -0.3 is 9.64 Å². The van der Waals surface area contributed by atoms with E-state index in [0.717, 1.165) is 16.8 Å². The van der Waals surface area contributed by atoms with Crippen molar-refractivity contribution in [3.8, 4) is 5.75 Å². The molecule has 28 heavy (non-hydrogen) atoms. The molecule has 1 aliphatic heterocycles. The van der Waals surface area contributed by atoms with Crippen LogP contribution in [0.5, 0.6) is 5.75 Å². The number of hydrogen-bond donors (Lipinski definition) is 0. The van der Waals surface area contributed by atoms with Gasteiger partial charge in [0.05, 0.1) is 4.90 Å². The number of amides is 1. The van der Waals surface area contributed by atoms with Gasteiger partial charge >= 0.3 is 0 Å². The molecule has 0 aromatic heterocycles. The molecular formula is C21H24N2O4S. The Labute approximate surface area is 166 Å². The Morgan fingerprint density at radius 3 is 2.61 bits per heavy atom. The fourth-order valence-corrected chi connectivity index (χ4v) is 4.44. The van der Waals surface area contributed by atoms with E-state index in [-0.39, 0.29) is 17.3 Å². The average Bonchev–Trinajstić information content (AvgIpc) is 3.11. The maximum Gasteiger partial charge on any atom is 0.243 e. The standard InChI is InChI=1S/C21H24N2O4S/c1-4-13-27-19-7-5-17(6-8-19)15-22(3)28(25,26)20-9-10-21-18(14-20)11-12-23(21)16(2)24/h4-10,14H,1,11-13,15H2,2-3H3. The van der Waals surface area contributed by atoms with Gasteiger partial charge in [-0.05, 0) is 47.9 Å². The van der Waals surface area contributed by atoms with Crippen molar-refractivity contribution < 1.29 is 17.9 Å². The Bertz CT molecular complexity index is 984. The highest BCUT2D eigenvalue weighted by Gasteiger charge is 2.26. The van der Waals surface area contributed by atoms with E-state index >= 15 is 0 Å². The van der Waals surface area contributed by atoms with Gasteiger partial charge in [0.25, 0.3) is 0 Å². The smallest absolute Gasteiger partial charge is 0.243 e. The lowest BCUT2D eigenvalue weighted by Gasteiger charge is -2.19.